The number of aromatic nitrogens is 2. The molecule has 3 heterocycles. The average molecular weight is 699 g/mol. The fourth-order valence-corrected chi connectivity index (χ4v) is 7.43. The summed E-state index contributed by atoms with van der Waals surface area (Å²) in [4.78, 5) is 9.71. The van der Waals surface area contributed by atoms with E-state index in [0.717, 1.165) is 34.0 Å². The minimum atomic E-state index is 0.00734. The summed E-state index contributed by atoms with van der Waals surface area (Å²) in [6.07, 6.45) is 1.92. The molecule has 5 nitrogen and oxygen atoms in total. The van der Waals surface area contributed by atoms with Gasteiger partial charge in [0.15, 0.2) is 0 Å². The van der Waals surface area contributed by atoms with Crippen LogP contribution in [0.1, 0.15) is 79.0 Å². The van der Waals surface area contributed by atoms with Gasteiger partial charge in [0.2, 0.25) is 0 Å². The summed E-state index contributed by atoms with van der Waals surface area (Å²) in [5, 5.41) is 2.36. The Balaban J connectivity index is 1.18. The van der Waals surface area contributed by atoms with E-state index >= 15 is 0 Å². The van der Waals surface area contributed by atoms with Crippen molar-refractivity contribution in [2.75, 3.05) is 16.5 Å². The van der Waals surface area contributed by atoms with Gasteiger partial charge in [0.05, 0.1) is 22.4 Å². The first-order valence-electron chi connectivity index (χ1n) is 18.7. The van der Waals surface area contributed by atoms with Crippen molar-refractivity contribution in [2.24, 2.45) is 0 Å². The number of hydrogen-bond donors (Lipinski definition) is 0. The largest absolute Gasteiger partial charge is 0.457 e. The third-order valence-electron chi connectivity index (χ3n) is 10.6. The van der Waals surface area contributed by atoms with E-state index in [1.807, 2.05) is 12.3 Å². The van der Waals surface area contributed by atoms with E-state index in [2.05, 4.69) is 192 Å². The SMILES string of the molecule is CC(C)(C)c1cccc(N2CN(c3cccc(Oc4ccc5c6ccccc6n(-c6cc(C(C)(C)C)ccn6)c5c4)c3)c3cc(C(C)(C)C)ccc32)c1. The second kappa shape index (κ2) is 12.5. The summed E-state index contributed by atoms with van der Waals surface area (Å²) in [6, 6.07) is 43.7. The first-order chi connectivity index (χ1) is 25.1. The molecule has 0 radical (unpaired) electrons. The topological polar surface area (TPSA) is 33.5 Å². The number of anilines is 4. The molecule has 0 atom stereocenters. The van der Waals surface area contributed by atoms with Gasteiger partial charge in [0, 0.05) is 40.5 Å². The highest BCUT2D eigenvalue weighted by Gasteiger charge is 2.31. The van der Waals surface area contributed by atoms with E-state index in [-0.39, 0.29) is 16.2 Å². The Morgan fingerprint density at radius 1 is 0.491 bits per heavy atom. The lowest BCUT2D eigenvalue weighted by atomic mass is 9.86. The lowest BCUT2D eigenvalue weighted by molar-refractivity contribution is 0.483. The van der Waals surface area contributed by atoms with Gasteiger partial charge >= 0.3 is 0 Å². The molecule has 1 aliphatic heterocycles. The molecule has 0 amide bonds. The Morgan fingerprint density at radius 3 is 1.87 bits per heavy atom. The van der Waals surface area contributed by atoms with Crippen LogP contribution in [0.2, 0.25) is 0 Å². The highest BCUT2D eigenvalue weighted by molar-refractivity contribution is 6.09. The van der Waals surface area contributed by atoms with Gasteiger partial charge in [-0.2, -0.15) is 0 Å². The average Bonchev–Trinajstić information content (AvgIpc) is 3.66. The molecule has 5 heteroatoms. The number of nitrogens with zero attached hydrogens (tertiary/aromatic N) is 4. The molecule has 1 aliphatic rings. The number of benzene rings is 5. The number of ether oxygens (including phenoxy) is 1. The smallest absolute Gasteiger partial charge is 0.137 e. The Labute approximate surface area is 314 Å². The summed E-state index contributed by atoms with van der Waals surface area (Å²) in [5.41, 5.74) is 10.9. The van der Waals surface area contributed by atoms with Gasteiger partial charge in [-0.25, -0.2) is 4.98 Å². The molecule has 2 aromatic heterocycles. The molecule has 53 heavy (non-hydrogen) atoms. The Morgan fingerprint density at radius 2 is 1.11 bits per heavy atom. The Hall–Kier alpha value is -5.55. The summed E-state index contributed by atoms with van der Waals surface area (Å²) in [6.45, 7) is 21.1. The fraction of sp³-hybridized carbons (Fsp3) is 0.271. The van der Waals surface area contributed by atoms with Crippen molar-refractivity contribution >= 4 is 44.6 Å². The fourth-order valence-electron chi connectivity index (χ4n) is 7.43. The number of pyridine rings is 1. The van der Waals surface area contributed by atoms with E-state index in [0.29, 0.717) is 6.67 Å². The van der Waals surface area contributed by atoms with Gasteiger partial charge in [-0.1, -0.05) is 105 Å². The van der Waals surface area contributed by atoms with Crippen molar-refractivity contribution in [1.29, 1.82) is 0 Å². The van der Waals surface area contributed by atoms with Crippen molar-refractivity contribution in [3.05, 3.63) is 144 Å². The number of para-hydroxylation sites is 1. The van der Waals surface area contributed by atoms with Crippen LogP contribution < -0.4 is 14.5 Å². The van der Waals surface area contributed by atoms with Crippen LogP contribution in [0.25, 0.3) is 27.6 Å². The van der Waals surface area contributed by atoms with Gasteiger partial charge in [0.1, 0.15) is 24.0 Å². The van der Waals surface area contributed by atoms with Crippen LogP contribution in [0.4, 0.5) is 22.7 Å². The maximum absolute atomic E-state index is 6.71. The molecular weight excluding hydrogens is 649 g/mol. The van der Waals surface area contributed by atoms with Gasteiger partial charge in [-0.3, -0.25) is 4.57 Å². The van der Waals surface area contributed by atoms with Crippen molar-refractivity contribution in [1.82, 2.24) is 9.55 Å². The number of fused-ring (bicyclic) bond motifs is 4. The van der Waals surface area contributed by atoms with E-state index in [1.54, 1.807) is 0 Å². The molecule has 0 saturated carbocycles. The number of hydrogen-bond acceptors (Lipinski definition) is 4. The van der Waals surface area contributed by atoms with Crippen molar-refractivity contribution in [3.8, 4) is 17.3 Å². The molecule has 0 fully saturated rings. The van der Waals surface area contributed by atoms with Crippen molar-refractivity contribution in [3.63, 3.8) is 0 Å². The minimum absolute atomic E-state index is 0.00734. The molecule has 5 aromatic carbocycles. The highest BCUT2D eigenvalue weighted by Crippen LogP contribution is 2.47. The monoisotopic (exact) mass is 698 g/mol. The Kier molecular flexibility index (Phi) is 8.17. The number of rotatable bonds is 5. The minimum Gasteiger partial charge on any atom is -0.457 e. The first kappa shape index (κ1) is 34.5. The molecule has 0 saturated heterocycles. The van der Waals surface area contributed by atoms with Crippen LogP contribution >= 0.6 is 0 Å². The van der Waals surface area contributed by atoms with Gasteiger partial charge < -0.3 is 14.5 Å². The molecule has 0 unspecified atom stereocenters. The van der Waals surface area contributed by atoms with Crippen molar-refractivity contribution < 1.29 is 4.74 Å². The molecule has 0 aliphatic carbocycles. The zero-order valence-corrected chi connectivity index (χ0v) is 32.5. The predicted octanol–water partition coefficient (Wildman–Crippen LogP) is 13.1. The normalized spacial score (nSPS) is 13.6. The summed E-state index contributed by atoms with van der Waals surface area (Å²) < 4.78 is 8.97. The van der Waals surface area contributed by atoms with E-state index < -0.39 is 0 Å². The predicted molar refractivity (Wildman–Crippen MR) is 223 cm³/mol. The van der Waals surface area contributed by atoms with Crippen LogP contribution in [0.15, 0.2) is 128 Å². The van der Waals surface area contributed by atoms with E-state index in [9.17, 15) is 0 Å². The molecule has 0 N–H and O–H groups in total. The van der Waals surface area contributed by atoms with Gasteiger partial charge in [-0.15, -0.1) is 0 Å². The first-order valence-corrected chi connectivity index (χ1v) is 18.7. The lowest BCUT2D eigenvalue weighted by Crippen LogP contribution is -2.24. The molecular formula is C48H50N4O. The van der Waals surface area contributed by atoms with E-state index in [1.165, 1.54) is 44.5 Å². The highest BCUT2D eigenvalue weighted by atomic mass is 16.5. The van der Waals surface area contributed by atoms with Gasteiger partial charge in [-0.05, 0) is 99.7 Å². The third kappa shape index (κ3) is 6.43. The summed E-state index contributed by atoms with van der Waals surface area (Å²) in [5.74, 6) is 2.48. The van der Waals surface area contributed by atoms with Crippen LogP contribution in [0.3, 0.4) is 0 Å². The van der Waals surface area contributed by atoms with Crippen LogP contribution in [0, 0.1) is 0 Å². The quantitative estimate of drug-likeness (QED) is 0.179. The zero-order chi connectivity index (χ0) is 37.3. The summed E-state index contributed by atoms with van der Waals surface area (Å²) in [7, 11) is 0. The molecule has 0 spiro atoms. The standard InChI is InChI=1S/C48H50N4O/c1-46(2,3)32-14-12-15-35(26-32)50-31-51(44-27-33(47(4,5)6)20-23-42(44)50)36-16-13-17-37(29-36)53-38-21-22-40-39-18-10-11-19-41(39)52(43(40)30-38)45-28-34(24-25-49-45)48(7,8)9/h10-30H,31H2,1-9H3. The molecule has 0 bridgehead atoms. The van der Waals surface area contributed by atoms with Gasteiger partial charge in [0.25, 0.3) is 0 Å². The zero-order valence-electron chi connectivity index (χ0n) is 32.5. The summed E-state index contributed by atoms with van der Waals surface area (Å²) >= 11 is 0. The second-order valence-corrected chi connectivity index (χ2v) is 17.5. The maximum Gasteiger partial charge on any atom is 0.137 e. The maximum atomic E-state index is 6.71. The lowest BCUT2D eigenvalue weighted by Gasteiger charge is -2.25. The molecule has 8 rings (SSSR count). The van der Waals surface area contributed by atoms with E-state index in [4.69, 9.17) is 9.72 Å². The van der Waals surface area contributed by atoms with Crippen LogP contribution in [0.5, 0.6) is 11.5 Å². The van der Waals surface area contributed by atoms with Crippen LogP contribution in [-0.4, -0.2) is 16.2 Å². The third-order valence-corrected chi connectivity index (χ3v) is 10.6. The second-order valence-electron chi connectivity index (χ2n) is 17.5. The van der Waals surface area contributed by atoms with Crippen LogP contribution in [-0.2, 0) is 16.2 Å². The Bertz CT molecular complexity index is 2490. The molecule has 268 valence electrons. The molecule has 7 aromatic rings. The van der Waals surface area contributed by atoms with Crippen molar-refractivity contribution in [2.45, 2.75) is 78.6 Å².